The van der Waals surface area contributed by atoms with Crippen LogP contribution in [0, 0.1) is 11.6 Å². The van der Waals surface area contributed by atoms with Crippen LogP contribution in [0.4, 0.5) is 20.3 Å². The predicted molar refractivity (Wildman–Crippen MR) is 215 cm³/mol. The number of ether oxygens (including phenoxy) is 1. The van der Waals surface area contributed by atoms with E-state index in [1.165, 1.54) is 17.0 Å². The van der Waals surface area contributed by atoms with Gasteiger partial charge >= 0.3 is 0 Å². The summed E-state index contributed by atoms with van der Waals surface area (Å²) in [6.45, 7) is 4.88. The number of aromatic nitrogens is 4. The number of benzene rings is 2. The first-order valence-corrected chi connectivity index (χ1v) is 20.7. The van der Waals surface area contributed by atoms with Crippen LogP contribution in [0.15, 0.2) is 67.4 Å². The maximum atomic E-state index is 16.0. The maximum absolute atomic E-state index is 16.0. The standard InChI is InChI=1S/C41H43F2N9O5S/c1-3-20-58(56)48-30-10-9-29(42)38(36(30)43)51-23-28(25-21-44-24-45-22-25)37-31(51)11-12-34(47-37)49(2)26-13-16-50(17-14-26)18-19-57-33-8-4-6-27-35(33)41(55)52(40(27)54)32-7-5-15-46-39(32)53/h4,6,8-12,21-24,26,32,48H,3,5,7,13-20H2,1-2H3,(H,46,53). The van der Waals surface area contributed by atoms with Crippen molar-refractivity contribution in [3.63, 3.8) is 0 Å². The predicted octanol–water partition coefficient (Wildman–Crippen LogP) is 5.10. The van der Waals surface area contributed by atoms with E-state index in [1.54, 1.807) is 42.9 Å². The fraction of sp³-hybridized carbons (Fsp3) is 0.366. The fourth-order valence-electron chi connectivity index (χ4n) is 8.00. The van der Waals surface area contributed by atoms with Crippen molar-refractivity contribution in [2.45, 2.75) is 51.1 Å². The third-order valence-corrected chi connectivity index (χ3v) is 12.3. The van der Waals surface area contributed by atoms with E-state index in [2.05, 4.69) is 29.8 Å². The van der Waals surface area contributed by atoms with Crippen molar-refractivity contribution in [3.05, 3.63) is 90.1 Å². The second-order valence-electron chi connectivity index (χ2n) is 14.6. The Morgan fingerprint density at radius 1 is 1.02 bits per heavy atom. The minimum Gasteiger partial charge on any atom is -0.593 e. The number of hydrogen-bond acceptors (Lipinski definition) is 11. The van der Waals surface area contributed by atoms with Gasteiger partial charge in [-0.1, -0.05) is 13.0 Å². The van der Waals surface area contributed by atoms with Crippen molar-refractivity contribution >= 4 is 51.6 Å². The first-order valence-electron chi connectivity index (χ1n) is 19.4. The van der Waals surface area contributed by atoms with Crippen LogP contribution in [0.2, 0.25) is 0 Å². The number of carbonyl (C=O) groups excluding carboxylic acids is 3. The number of imide groups is 1. The summed E-state index contributed by atoms with van der Waals surface area (Å²) < 4.78 is 54.1. The SMILES string of the molecule is CCC[S+]([O-])Nc1ccc(F)c(-n2cc(-c3cncnc3)c3nc(N(C)C4CCN(CCOc5cccc6c5C(=O)N(C5CCCNC5=O)C6=O)CC4)ccc32)c1F. The van der Waals surface area contributed by atoms with Gasteiger partial charge in [0, 0.05) is 69.0 Å². The Kier molecular flexibility index (Phi) is 11.3. The zero-order valence-corrected chi connectivity index (χ0v) is 32.9. The molecule has 2 aromatic carbocycles. The quantitative estimate of drug-likeness (QED) is 0.120. The first-order chi connectivity index (χ1) is 28.1. The fourth-order valence-corrected chi connectivity index (χ4v) is 8.88. The van der Waals surface area contributed by atoms with E-state index in [0.29, 0.717) is 78.4 Å². The number of pyridine rings is 1. The van der Waals surface area contributed by atoms with Crippen LogP contribution < -0.4 is 19.7 Å². The molecular weight excluding hydrogens is 769 g/mol. The van der Waals surface area contributed by atoms with E-state index in [1.807, 2.05) is 20.0 Å². The molecule has 6 heterocycles. The molecule has 8 rings (SSSR count). The van der Waals surface area contributed by atoms with Crippen molar-refractivity contribution in [3.8, 4) is 22.6 Å². The summed E-state index contributed by atoms with van der Waals surface area (Å²) in [5, 5.41) is 2.75. The molecule has 14 nitrogen and oxygen atoms in total. The number of rotatable bonds is 13. The number of amides is 3. The van der Waals surface area contributed by atoms with Gasteiger partial charge in [-0.25, -0.2) is 28.5 Å². The molecule has 0 spiro atoms. The van der Waals surface area contributed by atoms with Crippen molar-refractivity contribution in [1.82, 2.24) is 34.6 Å². The lowest BCUT2D eigenvalue weighted by Gasteiger charge is -2.37. The molecule has 5 aromatic rings. The van der Waals surface area contributed by atoms with Gasteiger partial charge in [-0.2, -0.15) is 0 Å². The molecule has 3 aromatic heterocycles. The molecule has 58 heavy (non-hydrogen) atoms. The van der Waals surface area contributed by atoms with Gasteiger partial charge in [0.1, 0.15) is 53.5 Å². The van der Waals surface area contributed by atoms with E-state index in [4.69, 9.17) is 9.72 Å². The number of halogens is 2. The molecule has 0 aliphatic carbocycles. The maximum Gasteiger partial charge on any atom is 0.266 e. The molecular formula is C41H43F2N9O5S. The van der Waals surface area contributed by atoms with E-state index < -0.39 is 40.9 Å². The lowest BCUT2D eigenvalue weighted by atomic mass is 10.0. The van der Waals surface area contributed by atoms with Crippen LogP contribution >= 0.6 is 0 Å². The van der Waals surface area contributed by atoms with Gasteiger partial charge in [-0.05, 0) is 68.5 Å². The van der Waals surface area contributed by atoms with Gasteiger partial charge in [-0.15, -0.1) is 0 Å². The van der Waals surface area contributed by atoms with E-state index in [-0.39, 0.29) is 34.5 Å². The molecule has 17 heteroatoms. The van der Waals surface area contributed by atoms with Gasteiger partial charge in [0.15, 0.2) is 5.82 Å². The molecule has 3 aliphatic heterocycles. The number of nitrogens with zero attached hydrogens (tertiary/aromatic N) is 7. The highest BCUT2D eigenvalue weighted by Crippen LogP contribution is 2.37. The van der Waals surface area contributed by atoms with Crippen LogP contribution in [0.5, 0.6) is 5.75 Å². The van der Waals surface area contributed by atoms with Gasteiger partial charge in [0.25, 0.3) is 11.8 Å². The van der Waals surface area contributed by atoms with Crippen LogP contribution in [-0.2, 0) is 16.2 Å². The van der Waals surface area contributed by atoms with Gasteiger partial charge < -0.3 is 24.1 Å². The Morgan fingerprint density at radius 2 is 1.81 bits per heavy atom. The summed E-state index contributed by atoms with van der Waals surface area (Å²) in [6, 6.07) is 10.3. The summed E-state index contributed by atoms with van der Waals surface area (Å²) in [6.07, 6.45) is 9.69. The Labute approximate surface area is 336 Å². The van der Waals surface area contributed by atoms with Gasteiger partial charge in [0.05, 0.1) is 33.5 Å². The molecule has 3 amide bonds. The van der Waals surface area contributed by atoms with Gasteiger partial charge in [0.2, 0.25) is 5.91 Å². The Bertz CT molecular complexity index is 2360. The van der Waals surface area contributed by atoms with Gasteiger partial charge in [-0.3, -0.25) is 24.2 Å². The Balaban J connectivity index is 0.953. The lowest BCUT2D eigenvalue weighted by molar-refractivity contribution is -0.126. The summed E-state index contributed by atoms with van der Waals surface area (Å²) in [7, 11) is 1.99. The number of piperidine rings is 2. The van der Waals surface area contributed by atoms with E-state index in [0.717, 1.165) is 36.9 Å². The van der Waals surface area contributed by atoms with Crippen LogP contribution in [0.1, 0.15) is 59.7 Å². The monoisotopic (exact) mass is 811 g/mol. The molecule has 0 saturated carbocycles. The number of nitrogens with one attached hydrogen (secondary N) is 2. The van der Waals surface area contributed by atoms with Crippen LogP contribution in [0.25, 0.3) is 27.8 Å². The second kappa shape index (κ2) is 16.7. The average Bonchev–Trinajstić information content (AvgIpc) is 3.73. The highest BCUT2D eigenvalue weighted by Gasteiger charge is 2.45. The largest absolute Gasteiger partial charge is 0.593 e. The number of hydrogen-bond donors (Lipinski definition) is 2. The average molecular weight is 812 g/mol. The van der Waals surface area contributed by atoms with Crippen LogP contribution in [-0.4, -0.2) is 109 Å². The van der Waals surface area contributed by atoms with E-state index >= 15 is 8.78 Å². The lowest BCUT2D eigenvalue weighted by Crippen LogP contribution is -2.52. The number of likely N-dealkylation sites (tertiary alicyclic amines) is 1. The summed E-state index contributed by atoms with van der Waals surface area (Å²) in [4.78, 5) is 58.0. The summed E-state index contributed by atoms with van der Waals surface area (Å²) in [5.74, 6) is -1.62. The Hall–Kier alpha value is -5.65. The third-order valence-electron chi connectivity index (χ3n) is 11.0. The van der Waals surface area contributed by atoms with Crippen molar-refractivity contribution in [2.75, 3.05) is 55.2 Å². The summed E-state index contributed by atoms with van der Waals surface area (Å²) >= 11 is -1.53. The molecule has 2 N–H and O–H groups in total. The number of carbonyl (C=O) groups is 3. The number of fused-ring (bicyclic) bond motifs is 2. The first kappa shape index (κ1) is 39.2. The molecule has 2 atom stereocenters. The molecule has 0 radical (unpaired) electrons. The molecule has 2 fully saturated rings. The Morgan fingerprint density at radius 3 is 2.57 bits per heavy atom. The molecule has 2 saturated heterocycles. The molecule has 3 aliphatic rings. The molecule has 0 bridgehead atoms. The molecule has 302 valence electrons. The van der Waals surface area contributed by atoms with Crippen molar-refractivity contribution in [1.29, 1.82) is 0 Å². The highest BCUT2D eigenvalue weighted by atomic mass is 32.2. The van der Waals surface area contributed by atoms with Crippen LogP contribution in [0.3, 0.4) is 0 Å². The normalized spacial score (nSPS) is 18.1. The highest BCUT2D eigenvalue weighted by molar-refractivity contribution is 7.92. The van der Waals surface area contributed by atoms with Crippen molar-refractivity contribution < 1.29 is 32.5 Å². The number of anilines is 2. The molecule has 2 unspecified atom stereocenters. The van der Waals surface area contributed by atoms with E-state index in [9.17, 15) is 18.9 Å². The summed E-state index contributed by atoms with van der Waals surface area (Å²) in [5.41, 5.74) is 2.27. The smallest absolute Gasteiger partial charge is 0.266 e. The zero-order chi connectivity index (χ0) is 40.5. The topological polar surface area (TPSA) is 161 Å². The minimum absolute atomic E-state index is 0.0649. The second-order valence-corrected chi connectivity index (χ2v) is 15.9. The minimum atomic E-state index is -1.53. The zero-order valence-electron chi connectivity index (χ0n) is 32.1. The van der Waals surface area contributed by atoms with Crippen molar-refractivity contribution in [2.24, 2.45) is 0 Å². The third kappa shape index (κ3) is 7.44.